The molecule has 0 saturated heterocycles. The number of methoxy groups -OCH3 is 1. The Morgan fingerprint density at radius 2 is 1.49 bits per heavy atom. The molecule has 0 heterocycles. The molecule has 0 fully saturated rings. The van der Waals surface area contributed by atoms with Crippen LogP contribution in [0.2, 0.25) is 18.1 Å². The number of rotatable bonds is 15. The Hall–Kier alpha value is -1.04. The molecule has 1 aromatic carbocycles. The molecule has 0 aliphatic carbocycles. The average molecular weight is 603 g/mol. The highest BCUT2D eigenvalue weighted by Gasteiger charge is 2.49. The van der Waals surface area contributed by atoms with Crippen molar-refractivity contribution in [1.82, 2.24) is 0 Å². The van der Waals surface area contributed by atoms with E-state index in [9.17, 15) is 14.7 Å². The fourth-order valence-electron chi connectivity index (χ4n) is 3.34. The van der Waals surface area contributed by atoms with Gasteiger partial charge < -0.3 is 23.7 Å². The van der Waals surface area contributed by atoms with Crippen molar-refractivity contribution in [3.63, 3.8) is 0 Å². The minimum absolute atomic E-state index is 0.153. The van der Waals surface area contributed by atoms with Crippen molar-refractivity contribution >= 4 is 43.8 Å². The van der Waals surface area contributed by atoms with Gasteiger partial charge in [-0.05, 0) is 56.0 Å². The third kappa shape index (κ3) is 11.0. The van der Waals surface area contributed by atoms with Gasteiger partial charge in [-0.1, -0.05) is 65.0 Å². The number of esters is 2. The average Bonchev–Trinajstić information content (AvgIpc) is 2.85. The molecule has 0 saturated carbocycles. The standard InChI is InChI=1S/C29H50O7S2Si/c1-12-37-26(38-13-2)24(35-27(32)28(3,4)5)22(34-19-20-17-15-14-16-18-20)21(30)23(25(31)33-9)36-39(10,11)29(6,7)8/h14-18,21-24,26,30H,12-13,19H2,1-11H3/t21-,22-,23-,24+/m0/s1. The Morgan fingerprint density at radius 1 is 0.949 bits per heavy atom. The Balaban J connectivity index is 3.66. The molecule has 0 spiro atoms. The van der Waals surface area contributed by atoms with Gasteiger partial charge in [0, 0.05) is 0 Å². The summed E-state index contributed by atoms with van der Waals surface area (Å²) in [5, 5.41) is 11.7. The van der Waals surface area contributed by atoms with E-state index in [1.54, 1.807) is 44.3 Å². The largest absolute Gasteiger partial charge is 0.467 e. The molecule has 1 aromatic rings. The fraction of sp³-hybridized carbons (Fsp3) is 0.724. The zero-order chi connectivity index (χ0) is 30.0. The first-order valence-electron chi connectivity index (χ1n) is 13.5. The minimum atomic E-state index is -2.53. The molecule has 1 N–H and O–H groups in total. The van der Waals surface area contributed by atoms with E-state index in [1.807, 2.05) is 57.3 Å². The highest BCUT2D eigenvalue weighted by molar-refractivity contribution is 8.17. The van der Waals surface area contributed by atoms with Gasteiger partial charge in [-0.25, -0.2) is 4.79 Å². The quantitative estimate of drug-likeness (QED) is 0.141. The molecule has 0 aliphatic heterocycles. The molecule has 39 heavy (non-hydrogen) atoms. The highest BCUT2D eigenvalue weighted by atomic mass is 32.2. The van der Waals surface area contributed by atoms with Crippen LogP contribution in [0.4, 0.5) is 0 Å². The maximum absolute atomic E-state index is 13.2. The van der Waals surface area contributed by atoms with Gasteiger partial charge in [-0.2, -0.15) is 0 Å². The molecule has 4 atom stereocenters. The van der Waals surface area contributed by atoms with Crippen molar-refractivity contribution in [3.05, 3.63) is 35.9 Å². The Morgan fingerprint density at radius 3 is 1.92 bits per heavy atom. The number of hydrogen-bond donors (Lipinski definition) is 1. The zero-order valence-electron chi connectivity index (χ0n) is 25.6. The summed E-state index contributed by atoms with van der Waals surface area (Å²) in [5.41, 5.74) is 0.114. The topological polar surface area (TPSA) is 91.3 Å². The molecule has 224 valence electrons. The second-order valence-corrected chi connectivity index (χ2v) is 19.9. The van der Waals surface area contributed by atoms with Crippen LogP contribution in [0.25, 0.3) is 0 Å². The maximum atomic E-state index is 13.2. The fourth-order valence-corrected chi connectivity index (χ4v) is 7.22. The van der Waals surface area contributed by atoms with Crippen molar-refractivity contribution in [2.75, 3.05) is 18.6 Å². The molecule has 0 aromatic heterocycles. The van der Waals surface area contributed by atoms with Crippen LogP contribution in [0.3, 0.4) is 0 Å². The molecule has 0 radical (unpaired) electrons. The SMILES string of the molecule is CCSC(SCC)[C@H](OC(=O)C(C)(C)C)[C@@H](OCc1ccccc1)[C@H](O)[C@H](O[Si](C)(C)C(C)(C)C)C(=O)OC. The predicted molar refractivity (Wildman–Crippen MR) is 164 cm³/mol. The van der Waals surface area contributed by atoms with Gasteiger partial charge >= 0.3 is 11.9 Å². The molecule has 0 bridgehead atoms. The van der Waals surface area contributed by atoms with E-state index >= 15 is 0 Å². The smallest absolute Gasteiger partial charge is 0.336 e. The summed E-state index contributed by atoms with van der Waals surface area (Å²) in [6.07, 6.45) is -4.69. The van der Waals surface area contributed by atoms with Crippen LogP contribution < -0.4 is 0 Å². The van der Waals surface area contributed by atoms with E-state index in [-0.39, 0.29) is 16.2 Å². The van der Waals surface area contributed by atoms with Crippen LogP contribution in [0.5, 0.6) is 0 Å². The van der Waals surface area contributed by atoms with Crippen molar-refractivity contribution in [2.45, 2.75) is 109 Å². The van der Waals surface area contributed by atoms with Crippen molar-refractivity contribution in [2.24, 2.45) is 5.41 Å². The molecule has 1 rings (SSSR count). The van der Waals surface area contributed by atoms with Gasteiger partial charge in [0.1, 0.15) is 12.2 Å². The summed E-state index contributed by atoms with van der Waals surface area (Å²) in [6, 6.07) is 9.56. The maximum Gasteiger partial charge on any atom is 0.336 e. The van der Waals surface area contributed by atoms with Crippen LogP contribution in [-0.2, 0) is 34.8 Å². The van der Waals surface area contributed by atoms with Crippen LogP contribution in [-0.4, -0.2) is 73.0 Å². The number of ether oxygens (including phenoxy) is 3. The van der Waals surface area contributed by atoms with E-state index in [2.05, 4.69) is 20.8 Å². The third-order valence-corrected chi connectivity index (χ3v) is 13.8. The zero-order valence-corrected chi connectivity index (χ0v) is 28.2. The van der Waals surface area contributed by atoms with Crippen LogP contribution >= 0.6 is 23.5 Å². The van der Waals surface area contributed by atoms with Gasteiger partial charge in [-0.3, -0.25) is 4.79 Å². The lowest BCUT2D eigenvalue weighted by molar-refractivity contribution is -0.184. The van der Waals surface area contributed by atoms with Gasteiger partial charge in [0.15, 0.2) is 20.5 Å². The minimum Gasteiger partial charge on any atom is -0.467 e. The Kier molecular flexibility index (Phi) is 14.6. The Bertz CT molecular complexity index is 878. The number of thioether (sulfide) groups is 2. The monoisotopic (exact) mass is 602 g/mol. The lowest BCUT2D eigenvalue weighted by Crippen LogP contribution is -2.57. The summed E-state index contributed by atoms with van der Waals surface area (Å²) in [6.45, 7) is 19.8. The van der Waals surface area contributed by atoms with E-state index in [0.717, 1.165) is 17.1 Å². The third-order valence-electron chi connectivity index (χ3n) is 6.70. The molecule has 10 heteroatoms. The van der Waals surface area contributed by atoms with Crippen LogP contribution in [0.15, 0.2) is 30.3 Å². The van der Waals surface area contributed by atoms with Crippen LogP contribution in [0.1, 0.15) is 61.0 Å². The van der Waals surface area contributed by atoms with E-state index in [4.69, 9.17) is 18.6 Å². The number of aliphatic hydroxyl groups excluding tert-OH is 1. The summed E-state index contributed by atoms with van der Waals surface area (Å²) >= 11 is 3.24. The van der Waals surface area contributed by atoms with E-state index in [1.165, 1.54) is 7.11 Å². The normalized spacial score (nSPS) is 15.9. The second kappa shape index (κ2) is 15.8. The molecular weight excluding hydrogens is 553 g/mol. The van der Waals surface area contributed by atoms with Crippen molar-refractivity contribution in [1.29, 1.82) is 0 Å². The van der Waals surface area contributed by atoms with E-state index < -0.39 is 50.1 Å². The first-order chi connectivity index (χ1) is 18.0. The van der Waals surface area contributed by atoms with Gasteiger partial charge in [0.05, 0.1) is 23.7 Å². The summed E-state index contributed by atoms with van der Waals surface area (Å²) < 4.78 is 23.9. The van der Waals surface area contributed by atoms with E-state index in [0.29, 0.717) is 0 Å². The molecule has 0 amide bonds. The van der Waals surface area contributed by atoms with Crippen molar-refractivity contribution in [3.8, 4) is 0 Å². The summed E-state index contributed by atoms with van der Waals surface area (Å²) in [7, 11) is -1.26. The lowest BCUT2D eigenvalue weighted by atomic mass is 9.96. The molecule has 0 unspecified atom stereocenters. The predicted octanol–water partition coefficient (Wildman–Crippen LogP) is 6.29. The van der Waals surface area contributed by atoms with Gasteiger partial charge in [0.2, 0.25) is 0 Å². The first kappa shape index (κ1) is 36.0. The lowest BCUT2D eigenvalue weighted by Gasteiger charge is -2.42. The number of aliphatic hydroxyl groups is 1. The molecule has 7 nitrogen and oxygen atoms in total. The summed E-state index contributed by atoms with van der Waals surface area (Å²) in [4.78, 5) is 26.3. The van der Waals surface area contributed by atoms with Gasteiger partial charge in [-0.15, -0.1) is 23.5 Å². The highest BCUT2D eigenvalue weighted by Crippen LogP contribution is 2.39. The van der Waals surface area contributed by atoms with Crippen LogP contribution in [0, 0.1) is 5.41 Å². The molecular formula is C29H50O7S2Si. The second-order valence-electron chi connectivity index (χ2n) is 12.0. The number of carbonyl (C=O) groups excluding carboxylic acids is 2. The summed E-state index contributed by atoms with van der Waals surface area (Å²) in [5.74, 6) is 0.434. The van der Waals surface area contributed by atoms with Gasteiger partial charge in [0.25, 0.3) is 0 Å². The Labute approximate surface area is 245 Å². The van der Waals surface area contributed by atoms with Crippen molar-refractivity contribution < 1.29 is 33.3 Å². The molecule has 0 aliphatic rings. The number of benzene rings is 1. The first-order valence-corrected chi connectivity index (χ1v) is 18.5. The number of hydrogen-bond acceptors (Lipinski definition) is 9. The number of carbonyl (C=O) groups is 2.